The van der Waals surface area contributed by atoms with Gasteiger partial charge in [-0.2, -0.15) is 31.4 Å². The van der Waals surface area contributed by atoms with Crippen molar-refractivity contribution < 1.29 is 35.8 Å². The fourth-order valence-corrected chi connectivity index (χ4v) is 3.99. The lowest BCUT2D eigenvalue weighted by atomic mass is 10.0. The largest absolute Gasteiger partial charge is 0.416 e. The van der Waals surface area contributed by atoms with Gasteiger partial charge in [-0.3, -0.25) is 10.00 Å². The van der Waals surface area contributed by atoms with E-state index in [1.807, 2.05) is 35.2 Å². The molecule has 4 rings (SSSR count). The zero-order chi connectivity index (χ0) is 25.2. The van der Waals surface area contributed by atoms with Gasteiger partial charge in [-0.15, -0.1) is 0 Å². The predicted molar refractivity (Wildman–Crippen MR) is 112 cm³/mol. The van der Waals surface area contributed by atoms with Crippen molar-refractivity contribution in [2.75, 3.05) is 13.2 Å². The second-order valence-electron chi connectivity index (χ2n) is 8.11. The van der Waals surface area contributed by atoms with E-state index in [9.17, 15) is 26.3 Å². The molecule has 0 aliphatic carbocycles. The number of rotatable bonds is 6. The SMILES string of the molecule is C[C@@H](OC1OCCN(Cc2ncn[nH]2)C1c1ccccc1)c1cc(C(F)(F)F)cc(C(F)(F)F)c1. The number of aromatic nitrogens is 3. The Morgan fingerprint density at radius 3 is 2.29 bits per heavy atom. The minimum atomic E-state index is -4.95. The number of hydrogen-bond donors (Lipinski definition) is 1. The van der Waals surface area contributed by atoms with Gasteiger partial charge in [0.25, 0.3) is 0 Å². The highest BCUT2D eigenvalue weighted by atomic mass is 19.4. The average molecular weight is 500 g/mol. The Hall–Kier alpha value is -2.96. The maximum atomic E-state index is 13.3. The molecule has 2 heterocycles. The average Bonchev–Trinajstić information content (AvgIpc) is 3.31. The van der Waals surface area contributed by atoms with Gasteiger partial charge in [0.1, 0.15) is 12.2 Å². The predicted octanol–water partition coefficient (Wildman–Crippen LogP) is 5.52. The van der Waals surface area contributed by atoms with E-state index < -0.39 is 41.9 Å². The molecule has 0 amide bonds. The number of ether oxygens (including phenoxy) is 2. The Bertz CT molecular complexity index is 1070. The Labute approximate surface area is 196 Å². The highest BCUT2D eigenvalue weighted by Gasteiger charge is 2.39. The number of aromatic amines is 1. The quantitative estimate of drug-likeness (QED) is 0.452. The van der Waals surface area contributed by atoms with E-state index in [0.717, 1.165) is 5.56 Å². The van der Waals surface area contributed by atoms with Crippen LogP contribution in [0.5, 0.6) is 0 Å². The van der Waals surface area contributed by atoms with Gasteiger partial charge < -0.3 is 9.47 Å². The monoisotopic (exact) mass is 500 g/mol. The van der Waals surface area contributed by atoms with Gasteiger partial charge >= 0.3 is 12.4 Å². The van der Waals surface area contributed by atoms with E-state index in [0.29, 0.717) is 31.0 Å². The lowest BCUT2D eigenvalue weighted by molar-refractivity contribution is -0.231. The number of hydrogen-bond acceptors (Lipinski definition) is 5. The van der Waals surface area contributed by atoms with Crippen molar-refractivity contribution in [2.45, 2.75) is 44.3 Å². The van der Waals surface area contributed by atoms with Crippen molar-refractivity contribution in [3.63, 3.8) is 0 Å². The summed E-state index contributed by atoms with van der Waals surface area (Å²) in [7, 11) is 0. The van der Waals surface area contributed by atoms with E-state index in [4.69, 9.17) is 9.47 Å². The van der Waals surface area contributed by atoms with E-state index in [1.165, 1.54) is 13.3 Å². The molecule has 1 N–H and O–H groups in total. The van der Waals surface area contributed by atoms with Crippen LogP contribution in [0, 0.1) is 0 Å². The zero-order valence-corrected chi connectivity index (χ0v) is 18.5. The zero-order valence-electron chi connectivity index (χ0n) is 18.5. The van der Waals surface area contributed by atoms with Gasteiger partial charge in [0, 0.05) is 6.54 Å². The summed E-state index contributed by atoms with van der Waals surface area (Å²) in [5, 5.41) is 6.62. The number of nitrogens with zero attached hydrogens (tertiary/aromatic N) is 3. The third kappa shape index (κ3) is 6.00. The molecule has 3 aromatic rings. The van der Waals surface area contributed by atoms with Crippen LogP contribution in [0.4, 0.5) is 26.3 Å². The third-order valence-electron chi connectivity index (χ3n) is 5.69. The fraction of sp³-hybridized carbons (Fsp3) is 0.391. The molecule has 1 aliphatic heterocycles. The third-order valence-corrected chi connectivity index (χ3v) is 5.69. The number of halogens is 6. The van der Waals surface area contributed by atoms with Crippen LogP contribution in [0.15, 0.2) is 54.9 Å². The summed E-state index contributed by atoms with van der Waals surface area (Å²) in [6.07, 6.45) is -10.6. The minimum absolute atomic E-state index is 0.0965. The standard InChI is InChI=1S/C23H22F6N4O2/c1-14(16-9-17(22(24,25)26)11-18(10-16)23(27,28)29)35-21-20(15-5-3-2-4-6-15)33(7-8-34-21)12-19-30-13-31-32-19/h2-6,9-11,13-14,20-21H,7-8,12H2,1H3,(H,30,31,32)/t14-,20?,21?/m1/s1. The van der Waals surface area contributed by atoms with Crippen LogP contribution in [0.3, 0.4) is 0 Å². The summed E-state index contributed by atoms with van der Waals surface area (Å²) in [5.74, 6) is 0.590. The smallest absolute Gasteiger partial charge is 0.349 e. The molecule has 3 atom stereocenters. The van der Waals surface area contributed by atoms with Crippen molar-refractivity contribution in [1.82, 2.24) is 20.1 Å². The van der Waals surface area contributed by atoms with Crippen LogP contribution >= 0.6 is 0 Å². The fourth-order valence-electron chi connectivity index (χ4n) is 3.99. The number of nitrogens with one attached hydrogen (secondary N) is 1. The van der Waals surface area contributed by atoms with Gasteiger partial charge in [0.15, 0.2) is 6.29 Å². The number of morpholine rings is 1. The highest BCUT2D eigenvalue weighted by molar-refractivity contribution is 5.34. The molecule has 1 saturated heterocycles. The summed E-state index contributed by atoms with van der Waals surface area (Å²) in [6.45, 7) is 2.50. The van der Waals surface area contributed by atoms with Crippen molar-refractivity contribution in [3.05, 3.63) is 82.9 Å². The number of H-pyrrole nitrogens is 1. The summed E-state index contributed by atoms with van der Waals surface area (Å²) in [5.41, 5.74) is -2.23. The summed E-state index contributed by atoms with van der Waals surface area (Å²) >= 11 is 0. The number of alkyl halides is 6. The maximum Gasteiger partial charge on any atom is 0.416 e. The van der Waals surface area contributed by atoms with Crippen LogP contribution < -0.4 is 0 Å². The van der Waals surface area contributed by atoms with Crippen molar-refractivity contribution in [1.29, 1.82) is 0 Å². The molecule has 2 aromatic carbocycles. The molecule has 1 fully saturated rings. The molecule has 1 aliphatic rings. The van der Waals surface area contributed by atoms with Crippen molar-refractivity contribution in [2.24, 2.45) is 0 Å². The molecule has 6 nitrogen and oxygen atoms in total. The van der Waals surface area contributed by atoms with Crippen LogP contribution in [0.25, 0.3) is 0 Å². The van der Waals surface area contributed by atoms with E-state index >= 15 is 0 Å². The Morgan fingerprint density at radius 2 is 1.71 bits per heavy atom. The first-order valence-corrected chi connectivity index (χ1v) is 10.7. The molecule has 0 spiro atoms. The molecule has 0 saturated carbocycles. The topological polar surface area (TPSA) is 63.3 Å². The number of benzene rings is 2. The van der Waals surface area contributed by atoms with Gasteiger partial charge in [0.05, 0.1) is 36.4 Å². The first-order chi connectivity index (χ1) is 16.5. The maximum absolute atomic E-state index is 13.3. The van der Waals surface area contributed by atoms with Gasteiger partial charge in [-0.1, -0.05) is 30.3 Å². The molecule has 0 bridgehead atoms. The lowest BCUT2D eigenvalue weighted by Gasteiger charge is -2.41. The van der Waals surface area contributed by atoms with E-state index in [2.05, 4.69) is 15.2 Å². The van der Waals surface area contributed by atoms with E-state index in [-0.39, 0.29) is 18.2 Å². The summed E-state index contributed by atoms with van der Waals surface area (Å²) in [6, 6.07) is 10.1. The van der Waals surface area contributed by atoms with Crippen molar-refractivity contribution >= 4 is 0 Å². The lowest BCUT2D eigenvalue weighted by Crippen LogP contribution is -2.46. The molecule has 12 heteroatoms. The second kappa shape index (κ2) is 9.96. The van der Waals surface area contributed by atoms with Crippen molar-refractivity contribution in [3.8, 4) is 0 Å². The van der Waals surface area contributed by atoms with Gasteiger partial charge in [0.2, 0.25) is 0 Å². The first-order valence-electron chi connectivity index (χ1n) is 10.7. The molecule has 2 unspecified atom stereocenters. The molecule has 0 radical (unpaired) electrons. The first kappa shape index (κ1) is 25.1. The molecule has 1 aromatic heterocycles. The molecule has 35 heavy (non-hydrogen) atoms. The van der Waals surface area contributed by atoms with Crippen LogP contribution in [0.2, 0.25) is 0 Å². The Morgan fingerprint density at radius 1 is 1.06 bits per heavy atom. The van der Waals surface area contributed by atoms with Crippen LogP contribution in [-0.4, -0.2) is 39.5 Å². The van der Waals surface area contributed by atoms with Gasteiger partial charge in [-0.25, -0.2) is 4.98 Å². The molecule has 188 valence electrons. The summed E-state index contributed by atoms with van der Waals surface area (Å²) < 4.78 is 91.7. The Kier molecular flexibility index (Phi) is 7.15. The highest BCUT2D eigenvalue weighted by Crippen LogP contribution is 2.39. The van der Waals surface area contributed by atoms with Crippen LogP contribution in [0.1, 0.15) is 47.1 Å². The van der Waals surface area contributed by atoms with Gasteiger partial charge in [-0.05, 0) is 36.2 Å². The molecular weight excluding hydrogens is 478 g/mol. The van der Waals surface area contributed by atoms with E-state index in [1.54, 1.807) is 0 Å². The molecular formula is C23H22F6N4O2. The van der Waals surface area contributed by atoms with Crippen LogP contribution in [-0.2, 0) is 28.4 Å². The normalized spacial score (nSPS) is 20.7. The Balaban J connectivity index is 1.64. The summed E-state index contributed by atoms with van der Waals surface area (Å²) in [4.78, 5) is 6.14. The minimum Gasteiger partial charge on any atom is -0.349 e. The second-order valence-corrected chi connectivity index (χ2v) is 8.11.